The van der Waals surface area contributed by atoms with Gasteiger partial charge in [0.1, 0.15) is 0 Å². The molecule has 0 saturated carbocycles. The highest BCUT2D eigenvalue weighted by molar-refractivity contribution is 6.09. The highest BCUT2D eigenvalue weighted by Crippen LogP contribution is 2.18. The maximum Gasteiger partial charge on any atom is 0.186 e. The van der Waals surface area contributed by atoms with Crippen molar-refractivity contribution in [1.29, 1.82) is 0 Å². The molecule has 1 heteroatoms. The van der Waals surface area contributed by atoms with Crippen LogP contribution in [0.25, 0.3) is 0 Å². The fraction of sp³-hybridized carbons (Fsp3) is 0. The van der Waals surface area contributed by atoms with Crippen LogP contribution in [-0.2, 0) is 4.79 Å². The average molecular weight is 182 g/mol. The molecule has 2 rings (SSSR count). The quantitative estimate of drug-likeness (QED) is 0.563. The fourth-order valence-corrected chi connectivity index (χ4v) is 1.39. The van der Waals surface area contributed by atoms with Gasteiger partial charge in [-0.2, -0.15) is 0 Å². The second-order valence-corrected chi connectivity index (χ2v) is 3.05. The van der Waals surface area contributed by atoms with Crippen molar-refractivity contribution in [2.45, 2.75) is 0 Å². The van der Waals surface area contributed by atoms with Crippen LogP contribution >= 0.6 is 0 Å². The first-order valence-corrected chi connectivity index (χ1v) is 4.53. The molecule has 0 N–H and O–H groups in total. The second kappa shape index (κ2) is 3.88. The second-order valence-electron chi connectivity index (χ2n) is 3.05. The first-order valence-electron chi connectivity index (χ1n) is 4.53. The van der Waals surface area contributed by atoms with E-state index >= 15 is 0 Å². The van der Waals surface area contributed by atoms with Crippen LogP contribution in [-0.4, -0.2) is 5.78 Å². The van der Waals surface area contributed by atoms with Crippen molar-refractivity contribution in [3.63, 3.8) is 0 Å². The van der Waals surface area contributed by atoms with Gasteiger partial charge in [0.15, 0.2) is 5.78 Å². The monoisotopic (exact) mass is 182 g/mol. The highest BCUT2D eigenvalue weighted by Gasteiger charge is 2.11. The first kappa shape index (κ1) is 8.70. The molecule has 68 valence electrons. The fourth-order valence-electron chi connectivity index (χ4n) is 1.39. The molecule has 0 aromatic heterocycles. The van der Waals surface area contributed by atoms with E-state index in [1.807, 2.05) is 48.6 Å². The summed E-state index contributed by atoms with van der Waals surface area (Å²) < 4.78 is 0. The van der Waals surface area contributed by atoms with Crippen molar-refractivity contribution in [3.05, 3.63) is 71.9 Å². The van der Waals surface area contributed by atoms with Crippen LogP contribution in [0, 0.1) is 0 Å². The van der Waals surface area contributed by atoms with Crippen molar-refractivity contribution in [1.82, 2.24) is 0 Å². The summed E-state index contributed by atoms with van der Waals surface area (Å²) in [5, 5.41) is 0. The minimum Gasteiger partial charge on any atom is -0.289 e. The third kappa shape index (κ3) is 1.72. The summed E-state index contributed by atoms with van der Waals surface area (Å²) in [6.07, 6.45) is 18.7. The molecule has 0 aromatic carbocycles. The summed E-state index contributed by atoms with van der Waals surface area (Å²) in [6, 6.07) is 0. The van der Waals surface area contributed by atoms with Crippen molar-refractivity contribution in [2.24, 2.45) is 0 Å². The first-order chi connectivity index (χ1) is 6.88. The minimum absolute atomic E-state index is 0.0682. The topological polar surface area (TPSA) is 17.1 Å². The maximum atomic E-state index is 11.5. The van der Waals surface area contributed by atoms with Gasteiger partial charge in [-0.25, -0.2) is 0 Å². The van der Waals surface area contributed by atoms with Crippen LogP contribution in [0.3, 0.4) is 0 Å². The van der Waals surface area contributed by atoms with Gasteiger partial charge in [-0.15, -0.1) is 0 Å². The van der Waals surface area contributed by atoms with Crippen molar-refractivity contribution < 1.29 is 4.79 Å². The smallest absolute Gasteiger partial charge is 0.186 e. The van der Waals surface area contributed by atoms with E-state index in [2.05, 4.69) is 0 Å². The molecular weight excluding hydrogens is 172 g/mol. The Hall–Kier alpha value is -1.89. The molecule has 14 heavy (non-hydrogen) atoms. The number of rotatable bonds is 0. The third-order valence-electron chi connectivity index (χ3n) is 2.08. The predicted octanol–water partition coefficient (Wildman–Crippen LogP) is 2.66. The van der Waals surface area contributed by atoms with Gasteiger partial charge in [0.05, 0.1) is 0 Å². The lowest BCUT2D eigenvalue weighted by molar-refractivity contribution is -0.111. The predicted molar refractivity (Wildman–Crippen MR) is 57.7 cm³/mol. The lowest BCUT2D eigenvalue weighted by Gasteiger charge is -2.07. The molecule has 0 aromatic rings. The molecule has 0 bridgehead atoms. The maximum absolute atomic E-state index is 11.5. The minimum atomic E-state index is 0.0682. The lowest BCUT2D eigenvalue weighted by Crippen LogP contribution is -2.03. The largest absolute Gasteiger partial charge is 0.289 e. The van der Waals surface area contributed by atoms with Crippen molar-refractivity contribution in [3.8, 4) is 0 Å². The van der Waals surface area contributed by atoms with Crippen LogP contribution in [0.1, 0.15) is 0 Å². The zero-order valence-corrected chi connectivity index (χ0v) is 7.68. The van der Waals surface area contributed by atoms with Crippen LogP contribution in [0.15, 0.2) is 71.9 Å². The van der Waals surface area contributed by atoms with Crippen LogP contribution in [0.5, 0.6) is 0 Å². The molecule has 0 radical (unpaired) electrons. The summed E-state index contributed by atoms with van der Waals surface area (Å²) in [6.45, 7) is 0. The van der Waals surface area contributed by atoms with E-state index in [0.29, 0.717) is 0 Å². The Bertz CT molecular complexity index is 426. The Morgan fingerprint density at radius 3 is 2.43 bits per heavy atom. The van der Waals surface area contributed by atoms with Crippen LogP contribution < -0.4 is 0 Å². The Kier molecular flexibility index (Phi) is 2.41. The number of carbonyl (C=O) groups excluding carboxylic acids is 1. The molecular formula is C13H10O. The van der Waals surface area contributed by atoms with Crippen LogP contribution in [0.2, 0.25) is 0 Å². The standard InChI is InChI=1S/C13H10O/c14-13-10-6-8-11-7-4-2-1-3-5-9-12(11)13/h1-10H/b2-1-,5-3-,7-4-,12-9-. The third-order valence-corrected chi connectivity index (χ3v) is 2.08. The molecule has 2 aliphatic rings. The van der Waals surface area contributed by atoms with Gasteiger partial charge in [0.2, 0.25) is 0 Å². The van der Waals surface area contributed by atoms with Gasteiger partial charge in [-0.1, -0.05) is 54.7 Å². The Balaban J connectivity index is 2.49. The number of carbonyl (C=O) groups is 1. The van der Waals surface area contributed by atoms with Gasteiger partial charge in [0.25, 0.3) is 0 Å². The molecule has 0 unspecified atom stereocenters. The van der Waals surface area contributed by atoms with E-state index in [1.165, 1.54) is 0 Å². The number of hydrogen-bond donors (Lipinski definition) is 0. The summed E-state index contributed by atoms with van der Waals surface area (Å²) in [7, 11) is 0. The molecule has 0 amide bonds. The Morgan fingerprint density at radius 2 is 1.50 bits per heavy atom. The number of hydrogen-bond acceptors (Lipinski definition) is 1. The van der Waals surface area contributed by atoms with E-state index in [9.17, 15) is 4.79 Å². The van der Waals surface area contributed by atoms with E-state index in [4.69, 9.17) is 0 Å². The molecule has 2 aliphatic carbocycles. The van der Waals surface area contributed by atoms with Crippen molar-refractivity contribution in [2.75, 3.05) is 0 Å². The van der Waals surface area contributed by atoms with Gasteiger partial charge in [-0.05, 0) is 11.6 Å². The van der Waals surface area contributed by atoms with Gasteiger partial charge in [-0.3, -0.25) is 4.79 Å². The lowest BCUT2D eigenvalue weighted by atomic mass is 9.96. The summed E-state index contributed by atoms with van der Waals surface area (Å²) >= 11 is 0. The number of allylic oxidation sites excluding steroid dienone is 12. The molecule has 0 spiro atoms. The number of fused-ring (bicyclic) bond motifs is 1. The van der Waals surface area contributed by atoms with Gasteiger partial charge in [0, 0.05) is 5.57 Å². The zero-order chi connectivity index (χ0) is 9.80. The van der Waals surface area contributed by atoms with E-state index in [1.54, 1.807) is 12.2 Å². The summed E-state index contributed by atoms with van der Waals surface area (Å²) in [5.41, 5.74) is 1.72. The van der Waals surface area contributed by atoms with Gasteiger partial charge < -0.3 is 0 Å². The van der Waals surface area contributed by atoms with Gasteiger partial charge >= 0.3 is 0 Å². The summed E-state index contributed by atoms with van der Waals surface area (Å²) in [4.78, 5) is 11.5. The molecule has 0 saturated heterocycles. The summed E-state index contributed by atoms with van der Waals surface area (Å²) in [5.74, 6) is 0.0682. The van der Waals surface area contributed by atoms with Crippen LogP contribution in [0.4, 0.5) is 0 Å². The van der Waals surface area contributed by atoms with E-state index in [0.717, 1.165) is 11.1 Å². The zero-order valence-electron chi connectivity index (χ0n) is 7.68. The Morgan fingerprint density at radius 1 is 0.714 bits per heavy atom. The molecule has 0 atom stereocenters. The normalized spacial score (nSPS) is 29.9. The SMILES string of the molecule is O=C1C=CC=C2\C=C/C=C\C=C/C=C\12. The van der Waals surface area contributed by atoms with E-state index < -0.39 is 0 Å². The highest BCUT2D eigenvalue weighted by atomic mass is 16.1. The molecule has 1 nitrogen and oxygen atoms in total. The molecule has 0 fully saturated rings. The number of ketones is 1. The average Bonchev–Trinajstić information content (AvgIpc) is 2.30. The van der Waals surface area contributed by atoms with E-state index in [-0.39, 0.29) is 5.78 Å². The van der Waals surface area contributed by atoms with Crippen molar-refractivity contribution >= 4 is 5.78 Å². The molecule has 0 heterocycles. The molecule has 0 aliphatic heterocycles. The Labute approximate surface area is 83.1 Å².